The number of alkyl carbamates (subject to hydrolysis) is 1. The molecule has 8 heteroatoms. The molecule has 1 amide bonds. The van der Waals surface area contributed by atoms with Crippen molar-refractivity contribution < 1.29 is 23.5 Å². The molecule has 8 nitrogen and oxygen atoms in total. The first-order valence-electron chi connectivity index (χ1n) is 10.5. The molecule has 0 saturated carbocycles. The molecule has 0 aliphatic heterocycles. The highest BCUT2D eigenvalue weighted by Crippen LogP contribution is 2.22. The highest BCUT2D eigenvalue weighted by Gasteiger charge is 2.27. The second-order valence-corrected chi connectivity index (χ2v) is 8.64. The zero-order valence-corrected chi connectivity index (χ0v) is 18.5. The fourth-order valence-electron chi connectivity index (χ4n) is 3.46. The van der Waals surface area contributed by atoms with Gasteiger partial charge in [-0.3, -0.25) is 0 Å². The minimum Gasteiger partial charge on any atom is -0.444 e. The number of carbonyl (C=O) groups is 2. The van der Waals surface area contributed by atoms with Gasteiger partial charge in [-0.25, -0.2) is 14.4 Å². The molecule has 0 radical (unpaired) electrons. The van der Waals surface area contributed by atoms with Crippen molar-refractivity contribution in [1.29, 1.82) is 0 Å². The van der Waals surface area contributed by atoms with Crippen molar-refractivity contribution in [3.63, 3.8) is 0 Å². The number of benzene rings is 2. The van der Waals surface area contributed by atoms with E-state index in [0.29, 0.717) is 11.0 Å². The Balaban J connectivity index is 1.59. The molecular weight excluding hydrogens is 424 g/mol. The molecule has 0 aliphatic carbocycles. The van der Waals surface area contributed by atoms with Gasteiger partial charge in [-0.1, -0.05) is 18.2 Å². The van der Waals surface area contributed by atoms with Crippen LogP contribution in [0.25, 0.3) is 21.9 Å². The number of hydrogen-bond acceptors (Lipinski definition) is 6. The Morgan fingerprint density at radius 2 is 1.85 bits per heavy atom. The van der Waals surface area contributed by atoms with Crippen LogP contribution in [0.3, 0.4) is 0 Å². The first kappa shape index (κ1) is 22.1. The zero-order chi connectivity index (χ0) is 23.6. The Kier molecular flexibility index (Phi) is 5.91. The van der Waals surface area contributed by atoms with E-state index in [-0.39, 0.29) is 12.2 Å². The minimum atomic E-state index is -1.02. The van der Waals surface area contributed by atoms with E-state index in [1.165, 1.54) is 12.1 Å². The Labute approximate surface area is 189 Å². The predicted molar refractivity (Wildman–Crippen MR) is 123 cm³/mol. The number of esters is 1. The third kappa shape index (κ3) is 5.41. The topological polar surface area (TPSA) is 111 Å². The van der Waals surface area contributed by atoms with E-state index in [1.807, 2.05) is 24.3 Å². The Hall–Kier alpha value is -4.07. The predicted octanol–water partition coefficient (Wildman–Crippen LogP) is 4.32. The van der Waals surface area contributed by atoms with Crippen LogP contribution in [0, 0.1) is 0 Å². The lowest BCUT2D eigenvalue weighted by Crippen LogP contribution is -2.46. The second kappa shape index (κ2) is 8.82. The van der Waals surface area contributed by atoms with Crippen LogP contribution in [0.2, 0.25) is 0 Å². The molecule has 2 heterocycles. The molecule has 0 fully saturated rings. The van der Waals surface area contributed by atoms with Crippen LogP contribution in [-0.2, 0) is 16.0 Å². The number of hydrogen-bond donors (Lipinski definition) is 2. The van der Waals surface area contributed by atoms with E-state index in [9.17, 15) is 14.4 Å². The summed E-state index contributed by atoms with van der Waals surface area (Å²) in [5, 5.41) is 4.25. The summed E-state index contributed by atoms with van der Waals surface area (Å²) in [5.74, 6) is -0.486. The van der Waals surface area contributed by atoms with E-state index in [2.05, 4.69) is 10.3 Å². The molecule has 2 aromatic carbocycles. The summed E-state index contributed by atoms with van der Waals surface area (Å²) in [6.07, 6.45) is 1.26. The molecule has 0 spiro atoms. The van der Waals surface area contributed by atoms with Crippen LogP contribution in [0.15, 0.2) is 70.0 Å². The Morgan fingerprint density at radius 1 is 1.09 bits per heavy atom. The molecule has 1 atom stereocenters. The summed E-state index contributed by atoms with van der Waals surface area (Å²) < 4.78 is 16.0. The van der Waals surface area contributed by atoms with Gasteiger partial charge in [0, 0.05) is 41.0 Å². The van der Waals surface area contributed by atoms with Gasteiger partial charge in [-0.05, 0) is 50.6 Å². The number of amides is 1. The number of fused-ring (bicyclic) bond motifs is 2. The van der Waals surface area contributed by atoms with Gasteiger partial charge in [-0.2, -0.15) is 0 Å². The normalized spacial score (nSPS) is 12.5. The van der Waals surface area contributed by atoms with Crippen molar-refractivity contribution in [3.05, 3.63) is 76.8 Å². The van der Waals surface area contributed by atoms with Gasteiger partial charge in [-0.15, -0.1) is 0 Å². The minimum absolute atomic E-state index is 0.185. The number of aromatic nitrogens is 1. The molecule has 4 rings (SSSR count). The van der Waals surface area contributed by atoms with E-state index in [1.54, 1.807) is 45.2 Å². The van der Waals surface area contributed by atoms with Gasteiger partial charge in [0.2, 0.25) is 0 Å². The lowest BCUT2D eigenvalue weighted by molar-refractivity contribution is -0.136. The molecule has 2 N–H and O–H groups in total. The van der Waals surface area contributed by atoms with Gasteiger partial charge in [0.1, 0.15) is 23.0 Å². The molecule has 0 aliphatic rings. The number of rotatable bonds is 5. The van der Waals surface area contributed by atoms with E-state index in [4.69, 9.17) is 13.9 Å². The standard InChI is InChI=1S/C25H24N2O6/c1-25(2,3)33-24(30)27-20(12-16-14-26-19-7-5-4-6-18(16)19)23(29)31-17-10-8-15-9-11-22(28)32-21(15)13-17/h4-11,13-14,20,26H,12H2,1-3H3,(H,27,30)/t20-/m1/s1. The SMILES string of the molecule is CC(C)(C)OC(=O)N[C@H](Cc1c[nH]c2ccccc12)C(=O)Oc1ccc2ccc(=O)oc2c1. The summed E-state index contributed by atoms with van der Waals surface area (Å²) in [6, 6.07) is 14.3. The maximum atomic E-state index is 13.1. The van der Waals surface area contributed by atoms with Crippen molar-refractivity contribution in [2.75, 3.05) is 0 Å². The van der Waals surface area contributed by atoms with Crippen LogP contribution in [0.1, 0.15) is 26.3 Å². The van der Waals surface area contributed by atoms with Gasteiger partial charge < -0.3 is 24.2 Å². The summed E-state index contributed by atoms with van der Waals surface area (Å²) >= 11 is 0. The van der Waals surface area contributed by atoms with Crippen LogP contribution >= 0.6 is 0 Å². The molecule has 4 aromatic rings. The average Bonchev–Trinajstić information content (AvgIpc) is 3.14. The highest BCUT2D eigenvalue weighted by molar-refractivity contribution is 5.87. The number of aromatic amines is 1. The zero-order valence-electron chi connectivity index (χ0n) is 18.5. The highest BCUT2D eigenvalue weighted by atomic mass is 16.6. The summed E-state index contributed by atoms with van der Waals surface area (Å²) in [4.78, 5) is 40.2. The molecule has 0 unspecified atom stereocenters. The van der Waals surface area contributed by atoms with E-state index >= 15 is 0 Å². The van der Waals surface area contributed by atoms with Crippen LogP contribution in [0.4, 0.5) is 4.79 Å². The molecule has 0 bridgehead atoms. The number of carbonyl (C=O) groups excluding carboxylic acids is 2. The molecule has 33 heavy (non-hydrogen) atoms. The number of nitrogens with one attached hydrogen (secondary N) is 2. The largest absolute Gasteiger partial charge is 0.444 e. The van der Waals surface area contributed by atoms with Gasteiger partial charge >= 0.3 is 17.7 Å². The molecule has 2 aromatic heterocycles. The molecular formula is C25H24N2O6. The van der Waals surface area contributed by atoms with Crippen molar-refractivity contribution >= 4 is 33.9 Å². The number of H-pyrrole nitrogens is 1. The monoisotopic (exact) mass is 448 g/mol. The number of para-hydroxylation sites is 1. The van der Waals surface area contributed by atoms with Crippen molar-refractivity contribution in [3.8, 4) is 5.75 Å². The van der Waals surface area contributed by atoms with Crippen molar-refractivity contribution in [1.82, 2.24) is 10.3 Å². The molecule has 170 valence electrons. The third-order valence-electron chi connectivity index (χ3n) is 4.89. The smallest absolute Gasteiger partial charge is 0.408 e. The lowest BCUT2D eigenvalue weighted by Gasteiger charge is -2.23. The van der Waals surface area contributed by atoms with Gasteiger partial charge in [0.05, 0.1) is 0 Å². The fraction of sp³-hybridized carbons (Fsp3) is 0.240. The lowest BCUT2D eigenvalue weighted by atomic mass is 10.1. The summed E-state index contributed by atoms with van der Waals surface area (Å²) in [7, 11) is 0. The maximum absolute atomic E-state index is 13.1. The van der Waals surface area contributed by atoms with Gasteiger partial charge in [0.25, 0.3) is 0 Å². The van der Waals surface area contributed by atoms with Gasteiger partial charge in [0.15, 0.2) is 0 Å². The average molecular weight is 448 g/mol. The Bertz CT molecular complexity index is 1380. The maximum Gasteiger partial charge on any atom is 0.408 e. The first-order chi connectivity index (χ1) is 15.7. The van der Waals surface area contributed by atoms with E-state index < -0.39 is 29.3 Å². The van der Waals surface area contributed by atoms with Crippen molar-refractivity contribution in [2.45, 2.75) is 38.8 Å². The van der Waals surface area contributed by atoms with E-state index in [0.717, 1.165) is 16.5 Å². The van der Waals surface area contributed by atoms with Crippen LogP contribution in [0.5, 0.6) is 5.75 Å². The Morgan fingerprint density at radius 3 is 2.64 bits per heavy atom. The summed E-state index contributed by atoms with van der Waals surface area (Å²) in [6.45, 7) is 5.22. The summed E-state index contributed by atoms with van der Waals surface area (Å²) in [5.41, 5.74) is 0.820. The number of ether oxygens (including phenoxy) is 2. The third-order valence-corrected chi connectivity index (χ3v) is 4.89. The fourth-order valence-corrected chi connectivity index (χ4v) is 3.46. The van der Waals surface area contributed by atoms with Crippen LogP contribution in [-0.4, -0.2) is 28.7 Å². The first-order valence-corrected chi connectivity index (χ1v) is 10.5. The molecule has 0 saturated heterocycles. The van der Waals surface area contributed by atoms with Crippen LogP contribution < -0.4 is 15.7 Å². The quantitative estimate of drug-likeness (QED) is 0.267. The van der Waals surface area contributed by atoms with Crippen molar-refractivity contribution in [2.24, 2.45) is 0 Å². The second-order valence-electron chi connectivity index (χ2n) is 8.64.